The minimum absolute atomic E-state index is 0.0872. The van der Waals surface area contributed by atoms with Crippen molar-refractivity contribution >= 4 is 33.4 Å². The summed E-state index contributed by atoms with van der Waals surface area (Å²) in [6.45, 7) is 3.47. The lowest BCUT2D eigenvalue weighted by Gasteiger charge is -2.12. The molecule has 0 unspecified atom stereocenters. The van der Waals surface area contributed by atoms with E-state index in [0.29, 0.717) is 26.9 Å². The van der Waals surface area contributed by atoms with E-state index in [2.05, 4.69) is 21.1 Å². The Bertz CT molecular complexity index is 657. The molecule has 4 nitrogen and oxygen atoms in total. The van der Waals surface area contributed by atoms with Gasteiger partial charge in [-0.2, -0.15) is 0 Å². The van der Waals surface area contributed by atoms with Crippen LogP contribution in [0.1, 0.15) is 24.2 Å². The smallest absolute Gasteiger partial charge is 0.312 e. The van der Waals surface area contributed by atoms with Gasteiger partial charge < -0.3 is 4.84 Å². The predicted molar refractivity (Wildman–Crippen MR) is 79.7 cm³/mol. The first-order chi connectivity index (χ1) is 9.50. The van der Waals surface area contributed by atoms with Crippen LogP contribution in [0.4, 0.5) is 0 Å². The highest BCUT2D eigenvalue weighted by atomic mass is 79.9. The number of benzene rings is 1. The van der Waals surface area contributed by atoms with Crippen molar-refractivity contribution in [3.05, 3.63) is 57.6 Å². The standard InChI is InChI=1S/C15H12BrNO3/c1-9-10(2)14(18)12(16)8-13(9)17-20-15(19)11-6-4-3-5-7-11/h3-8H,1-2H3/b17-13+. The molecule has 0 atom stereocenters. The fraction of sp³-hybridized carbons (Fsp3) is 0.133. The van der Waals surface area contributed by atoms with Crippen LogP contribution < -0.4 is 0 Å². The van der Waals surface area contributed by atoms with E-state index in [4.69, 9.17) is 4.84 Å². The number of allylic oxidation sites excluding steroid dienone is 4. The third-order valence-corrected chi connectivity index (χ3v) is 3.59. The highest BCUT2D eigenvalue weighted by Crippen LogP contribution is 2.23. The number of nitrogens with zero attached hydrogens (tertiary/aromatic N) is 1. The van der Waals surface area contributed by atoms with Crippen molar-refractivity contribution in [1.29, 1.82) is 0 Å². The Kier molecular flexibility index (Phi) is 4.29. The molecular weight excluding hydrogens is 322 g/mol. The Morgan fingerprint density at radius 3 is 2.45 bits per heavy atom. The maximum absolute atomic E-state index is 11.8. The second kappa shape index (κ2) is 5.96. The fourth-order valence-electron chi connectivity index (χ4n) is 1.65. The quantitative estimate of drug-likeness (QED) is 0.473. The summed E-state index contributed by atoms with van der Waals surface area (Å²) in [6.07, 6.45) is 1.54. The summed E-state index contributed by atoms with van der Waals surface area (Å²) in [5.74, 6) is -0.624. The van der Waals surface area contributed by atoms with Crippen LogP contribution in [-0.4, -0.2) is 17.5 Å². The maximum atomic E-state index is 11.8. The van der Waals surface area contributed by atoms with Crippen LogP contribution in [0.25, 0.3) is 0 Å². The average molecular weight is 334 g/mol. The molecule has 1 aromatic rings. The number of carbonyl (C=O) groups excluding carboxylic acids is 2. The van der Waals surface area contributed by atoms with E-state index in [0.717, 1.165) is 0 Å². The maximum Gasteiger partial charge on any atom is 0.365 e. The molecule has 0 saturated heterocycles. The SMILES string of the molecule is CC1=C(C)/C(=N/OC(=O)c2ccccc2)C=C(Br)C1=O. The third kappa shape index (κ3) is 2.93. The molecular formula is C15H12BrNO3. The molecule has 0 fully saturated rings. The van der Waals surface area contributed by atoms with Gasteiger partial charge in [0.2, 0.25) is 0 Å². The van der Waals surface area contributed by atoms with Gasteiger partial charge in [0.25, 0.3) is 0 Å². The van der Waals surface area contributed by atoms with E-state index < -0.39 is 5.97 Å². The minimum atomic E-state index is -0.537. The Balaban J connectivity index is 2.20. The number of ketones is 1. The molecule has 0 N–H and O–H groups in total. The molecule has 0 aromatic heterocycles. The van der Waals surface area contributed by atoms with Gasteiger partial charge in [-0.05, 0) is 53.6 Å². The van der Waals surface area contributed by atoms with E-state index in [-0.39, 0.29) is 5.78 Å². The molecule has 2 rings (SSSR count). The molecule has 0 spiro atoms. The number of hydrogen-bond donors (Lipinski definition) is 0. The monoisotopic (exact) mass is 333 g/mol. The molecule has 1 aliphatic rings. The van der Waals surface area contributed by atoms with Crippen LogP contribution in [0, 0.1) is 0 Å². The van der Waals surface area contributed by atoms with E-state index in [1.165, 1.54) is 0 Å². The first-order valence-corrected chi connectivity index (χ1v) is 6.74. The molecule has 0 aliphatic heterocycles. The largest absolute Gasteiger partial charge is 0.365 e. The highest BCUT2D eigenvalue weighted by molar-refractivity contribution is 9.12. The normalized spacial score (nSPS) is 17.2. The summed E-state index contributed by atoms with van der Waals surface area (Å²) in [5.41, 5.74) is 2.15. The van der Waals surface area contributed by atoms with Gasteiger partial charge in [0.15, 0.2) is 5.78 Å². The van der Waals surface area contributed by atoms with Crippen molar-refractivity contribution in [3.63, 3.8) is 0 Å². The van der Waals surface area contributed by atoms with E-state index in [1.54, 1.807) is 44.2 Å². The lowest BCUT2D eigenvalue weighted by atomic mass is 9.97. The molecule has 0 heterocycles. The Morgan fingerprint density at radius 1 is 1.15 bits per heavy atom. The molecule has 5 heteroatoms. The third-order valence-electron chi connectivity index (χ3n) is 3.00. The van der Waals surface area contributed by atoms with E-state index in [9.17, 15) is 9.59 Å². The summed E-state index contributed by atoms with van der Waals surface area (Å²) >= 11 is 3.17. The Labute approximate surface area is 124 Å². The van der Waals surface area contributed by atoms with E-state index >= 15 is 0 Å². The van der Waals surface area contributed by atoms with Gasteiger partial charge in [0.1, 0.15) is 5.71 Å². The summed E-state index contributed by atoms with van der Waals surface area (Å²) < 4.78 is 0.398. The van der Waals surface area contributed by atoms with Crippen molar-refractivity contribution in [2.75, 3.05) is 0 Å². The number of rotatable bonds is 2. The van der Waals surface area contributed by atoms with Crippen molar-refractivity contribution in [1.82, 2.24) is 0 Å². The van der Waals surface area contributed by atoms with Crippen LogP contribution in [-0.2, 0) is 9.63 Å². The zero-order chi connectivity index (χ0) is 14.7. The van der Waals surface area contributed by atoms with Crippen molar-refractivity contribution < 1.29 is 14.4 Å². The average Bonchev–Trinajstić information content (AvgIpc) is 2.48. The summed E-state index contributed by atoms with van der Waals surface area (Å²) in [7, 11) is 0. The first-order valence-electron chi connectivity index (χ1n) is 5.95. The second-order valence-electron chi connectivity index (χ2n) is 4.29. The number of oxime groups is 1. The van der Waals surface area contributed by atoms with Crippen LogP contribution in [0.2, 0.25) is 0 Å². The lowest BCUT2D eigenvalue weighted by Crippen LogP contribution is -2.15. The van der Waals surface area contributed by atoms with Gasteiger partial charge in [-0.15, -0.1) is 0 Å². The predicted octanol–water partition coefficient (Wildman–Crippen LogP) is 3.40. The van der Waals surface area contributed by atoms with Gasteiger partial charge in [-0.1, -0.05) is 23.4 Å². The summed E-state index contributed by atoms with van der Waals surface area (Å²) in [5, 5.41) is 3.83. The number of carbonyl (C=O) groups is 2. The molecule has 102 valence electrons. The topological polar surface area (TPSA) is 55.7 Å². The van der Waals surface area contributed by atoms with Gasteiger partial charge in [0.05, 0.1) is 10.0 Å². The zero-order valence-corrected chi connectivity index (χ0v) is 12.6. The van der Waals surface area contributed by atoms with E-state index in [1.807, 2.05) is 6.07 Å². The molecule has 1 aliphatic carbocycles. The van der Waals surface area contributed by atoms with Crippen LogP contribution in [0.3, 0.4) is 0 Å². The molecule has 0 saturated carbocycles. The van der Waals surface area contributed by atoms with Crippen molar-refractivity contribution in [2.24, 2.45) is 5.16 Å². The van der Waals surface area contributed by atoms with Crippen LogP contribution >= 0.6 is 15.9 Å². The van der Waals surface area contributed by atoms with Gasteiger partial charge in [-0.25, -0.2) is 4.79 Å². The lowest BCUT2D eigenvalue weighted by molar-refractivity contribution is -0.111. The minimum Gasteiger partial charge on any atom is -0.312 e. The number of Topliss-reactive ketones (excluding diaryl/α,β-unsaturated/α-hetero) is 1. The number of hydrogen-bond acceptors (Lipinski definition) is 4. The van der Waals surface area contributed by atoms with Crippen molar-refractivity contribution in [3.8, 4) is 0 Å². The molecule has 0 bridgehead atoms. The zero-order valence-electron chi connectivity index (χ0n) is 11.0. The Morgan fingerprint density at radius 2 is 1.80 bits per heavy atom. The molecule has 0 amide bonds. The summed E-state index contributed by atoms with van der Waals surface area (Å²) in [6, 6.07) is 8.59. The van der Waals surface area contributed by atoms with Gasteiger partial charge >= 0.3 is 5.97 Å². The van der Waals surface area contributed by atoms with Crippen molar-refractivity contribution in [2.45, 2.75) is 13.8 Å². The Hall–Kier alpha value is -2.01. The summed E-state index contributed by atoms with van der Waals surface area (Å²) in [4.78, 5) is 28.4. The first kappa shape index (κ1) is 14.4. The van der Waals surface area contributed by atoms with Gasteiger partial charge in [-0.3, -0.25) is 4.79 Å². The molecule has 0 radical (unpaired) electrons. The second-order valence-corrected chi connectivity index (χ2v) is 5.15. The van der Waals surface area contributed by atoms with Crippen LogP contribution in [0.5, 0.6) is 0 Å². The number of halogens is 1. The van der Waals surface area contributed by atoms with Crippen LogP contribution in [0.15, 0.2) is 57.2 Å². The van der Waals surface area contributed by atoms with Gasteiger partial charge in [0, 0.05) is 5.57 Å². The highest BCUT2D eigenvalue weighted by Gasteiger charge is 2.21. The fourth-order valence-corrected chi connectivity index (χ4v) is 2.16. The molecule has 20 heavy (non-hydrogen) atoms. The molecule has 1 aromatic carbocycles.